The molecule has 0 aromatic heterocycles. The molecule has 0 radical (unpaired) electrons. The highest BCUT2D eigenvalue weighted by molar-refractivity contribution is 5.71. The van der Waals surface area contributed by atoms with Gasteiger partial charge in [-0.1, -0.05) is 37.3 Å². The Kier molecular flexibility index (Phi) is 5.61. The van der Waals surface area contributed by atoms with Gasteiger partial charge in [-0.2, -0.15) is 0 Å². The lowest BCUT2D eigenvalue weighted by Gasteiger charge is -2.25. The van der Waals surface area contributed by atoms with Gasteiger partial charge in [-0.3, -0.25) is 4.79 Å². The molecule has 1 N–H and O–H groups in total. The average molecular weight is 344 g/mol. The first-order valence-electron chi connectivity index (χ1n) is 9.67. The van der Waals surface area contributed by atoms with Gasteiger partial charge in [0.25, 0.3) is 0 Å². The highest BCUT2D eigenvalue weighted by atomic mass is 19.1. The van der Waals surface area contributed by atoms with Crippen molar-refractivity contribution in [3.63, 3.8) is 0 Å². The van der Waals surface area contributed by atoms with Crippen LogP contribution in [0.4, 0.5) is 4.39 Å². The Bertz CT molecular complexity index is 629. The zero-order valence-corrected chi connectivity index (χ0v) is 15.1. The first-order chi connectivity index (χ1) is 12.0. The van der Waals surface area contributed by atoms with Crippen LogP contribution in [0.15, 0.2) is 36.4 Å². The van der Waals surface area contributed by atoms with Crippen molar-refractivity contribution in [3.8, 4) is 0 Å². The smallest absolute Gasteiger partial charge is 0.307 e. The van der Waals surface area contributed by atoms with Gasteiger partial charge in [0.15, 0.2) is 0 Å². The molecule has 25 heavy (non-hydrogen) atoms. The number of carbonyl (C=O) groups is 1. The quantitative estimate of drug-likeness (QED) is 0.593. The summed E-state index contributed by atoms with van der Waals surface area (Å²) in [7, 11) is 0. The molecule has 0 amide bonds. The van der Waals surface area contributed by atoms with E-state index in [-0.39, 0.29) is 11.7 Å². The van der Waals surface area contributed by atoms with E-state index >= 15 is 0 Å². The van der Waals surface area contributed by atoms with E-state index in [4.69, 9.17) is 0 Å². The largest absolute Gasteiger partial charge is 0.481 e. The molecule has 2 bridgehead atoms. The van der Waals surface area contributed by atoms with Gasteiger partial charge >= 0.3 is 5.97 Å². The third kappa shape index (κ3) is 3.96. The monoisotopic (exact) mass is 344 g/mol. The Morgan fingerprint density at radius 3 is 2.60 bits per heavy atom. The number of fused-ring (bicyclic) bond motifs is 2. The van der Waals surface area contributed by atoms with E-state index in [1.165, 1.54) is 38.2 Å². The summed E-state index contributed by atoms with van der Waals surface area (Å²) >= 11 is 0. The fraction of sp³-hybridized carbons (Fsp3) is 0.591. The van der Waals surface area contributed by atoms with Crippen LogP contribution in [0, 0.1) is 23.1 Å². The molecule has 2 unspecified atom stereocenters. The molecule has 1 aromatic rings. The predicted octanol–water partition coefficient (Wildman–Crippen LogP) is 5.94. The summed E-state index contributed by atoms with van der Waals surface area (Å²) in [4.78, 5) is 11.7. The molecule has 1 aromatic carbocycles. The summed E-state index contributed by atoms with van der Waals surface area (Å²) in [5, 5.41) is 9.56. The van der Waals surface area contributed by atoms with Gasteiger partial charge < -0.3 is 5.11 Å². The Morgan fingerprint density at radius 1 is 1.32 bits per heavy atom. The number of hydrogen-bond acceptors (Lipinski definition) is 1. The van der Waals surface area contributed by atoms with Crippen LogP contribution < -0.4 is 0 Å². The van der Waals surface area contributed by atoms with Crippen molar-refractivity contribution in [2.24, 2.45) is 17.3 Å². The minimum Gasteiger partial charge on any atom is -0.481 e. The van der Waals surface area contributed by atoms with Crippen LogP contribution in [0.3, 0.4) is 0 Å². The minimum atomic E-state index is -0.836. The second kappa shape index (κ2) is 7.72. The molecule has 2 saturated carbocycles. The topological polar surface area (TPSA) is 37.3 Å². The van der Waals surface area contributed by atoms with Crippen LogP contribution in [-0.4, -0.2) is 11.1 Å². The number of rotatable bonds is 8. The number of benzene rings is 1. The van der Waals surface area contributed by atoms with Gasteiger partial charge in [0, 0.05) is 5.92 Å². The Morgan fingerprint density at radius 2 is 2.04 bits per heavy atom. The lowest BCUT2D eigenvalue weighted by atomic mass is 9.79. The Hall–Kier alpha value is -1.64. The van der Waals surface area contributed by atoms with Crippen molar-refractivity contribution in [2.45, 2.75) is 64.2 Å². The second-order valence-corrected chi connectivity index (χ2v) is 8.04. The van der Waals surface area contributed by atoms with Gasteiger partial charge in [0.05, 0.1) is 5.92 Å². The molecule has 3 heteroatoms. The fourth-order valence-corrected chi connectivity index (χ4v) is 5.09. The summed E-state index contributed by atoms with van der Waals surface area (Å²) in [6, 6.07) is 6.61. The molecule has 2 aliphatic rings. The SMILES string of the molecule is CCC(C(=O)O)C(CC=CCC12CCC(CC1)C2)c1ccccc1F. The predicted molar refractivity (Wildman–Crippen MR) is 97.9 cm³/mol. The van der Waals surface area contributed by atoms with E-state index in [2.05, 4.69) is 12.2 Å². The number of halogens is 1. The van der Waals surface area contributed by atoms with Gasteiger partial charge in [0.2, 0.25) is 0 Å². The van der Waals surface area contributed by atoms with Gasteiger partial charge in [-0.15, -0.1) is 0 Å². The van der Waals surface area contributed by atoms with Crippen molar-refractivity contribution in [1.29, 1.82) is 0 Å². The molecule has 0 spiro atoms. The van der Waals surface area contributed by atoms with Crippen molar-refractivity contribution in [2.75, 3.05) is 0 Å². The van der Waals surface area contributed by atoms with Crippen LogP contribution >= 0.6 is 0 Å². The van der Waals surface area contributed by atoms with Crippen molar-refractivity contribution >= 4 is 5.97 Å². The first-order valence-corrected chi connectivity index (χ1v) is 9.67. The first kappa shape index (κ1) is 18.2. The third-order valence-corrected chi connectivity index (χ3v) is 6.54. The van der Waals surface area contributed by atoms with Crippen molar-refractivity contribution in [1.82, 2.24) is 0 Å². The Balaban J connectivity index is 1.70. The third-order valence-electron chi connectivity index (χ3n) is 6.54. The number of carboxylic acid groups (broad SMARTS) is 1. The second-order valence-electron chi connectivity index (χ2n) is 8.04. The molecular weight excluding hydrogens is 315 g/mol. The summed E-state index contributed by atoms with van der Waals surface area (Å²) in [6.07, 6.45) is 13.3. The molecule has 2 atom stereocenters. The van der Waals surface area contributed by atoms with E-state index in [1.807, 2.05) is 6.92 Å². The van der Waals surface area contributed by atoms with Crippen LogP contribution in [0.2, 0.25) is 0 Å². The van der Waals surface area contributed by atoms with Crippen LogP contribution in [0.5, 0.6) is 0 Å². The van der Waals surface area contributed by atoms with Crippen LogP contribution in [0.1, 0.15) is 69.8 Å². The lowest BCUT2D eigenvalue weighted by Crippen LogP contribution is -2.22. The van der Waals surface area contributed by atoms with Crippen LogP contribution in [0.25, 0.3) is 0 Å². The summed E-state index contributed by atoms with van der Waals surface area (Å²) in [5.41, 5.74) is 1.03. The lowest BCUT2D eigenvalue weighted by molar-refractivity contribution is -0.142. The molecular formula is C22H29FO2. The van der Waals surface area contributed by atoms with Gasteiger partial charge in [-0.25, -0.2) is 4.39 Å². The molecule has 136 valence electrons. The summed E-state index contributed by atoms with van der Waals surface area (Å²) in [5.74, 6) is -1.05. The standard InChI is InChI=1S/C22H29FO2/c1-2-17(21(24)25)18(19-8-3-4-9-20(19)23)7-5-6-12-22-13-10-16(15-22)11-14-22/h3-6,8-9,16-18H,2,7,10-15H2,1H3,(H,24,25). The number of hydrogen-bond donors (Lipinski definition) is 1. The number of carboxylic acids is 1. The number of allylic oxidation sites excluding steroid dienone is 2. The zero-order chi connectivity index (χ0) is 17.9. The normalized spacial score (nSPS) is 27.7. The van der Waals surface area contributed by atoms with Gasteiger partial charge in [-0.05, 0) is 74.3 Å². The van der Waals surface area contributed by atoms with E-state index in [0.717, 1.165) is 12.3 Å². The summed E-state index contributed by atoms with van der Waals surface area (Å²) < 4.78 is 14.3. The maximum Gasteiger partial charge on any atom is 0.307 e. The highest BCUT2D eigenvalue weighted by Crippen LogP contribution is 2.56. The highest BCUT2D eigenvalue weighted by Gasteiger charge is 2.43. The van der Waals surface area contributed by atoms with E-state index in [1.54, 1.807) is 18.2 Å². The molecule has 2 fully saturated rings. The number of aliphatic carboxylic acids is 1. The Labute approximate surface area is 150 Å². The van der Waals surface area contributed by atoms with E-state index in [9.17, 15) is 14.3 Å². The van der Waals surface area contributed by atoms with E-state index in [0.29, 0.717) is 23.8 Å². The average Bonchev–Trinajstić information content (AvgIpc) is 3.19. The fourth-order valence-electron chi connectivity index (χ4n) is 5.09. The summed E-state index contributed by atoms with van der Waals surface area (Å²) in [6.45, 7) is 1.87. The van der Waals surface area contributed by atoms with Gasteiger partial charge in [0.1, 0.15) is 5.82 Å². The van der Waals surface area contributed by atoms with Crippen LogP contribution in [-0.2, 0) is 4.79 Å². The maximum absolute atomic E-state index is 14.3. The van der Waals surface area contributed by atoms with E-state index < -0.39 is 11.9 Å². The zero-order valence-electron chi connectivity index (χ0n) is 15.1. The minimum absolute atomic E-state index is 0.298. The molecule has 3 rings (SSSR count). The molecule has 2 nitrogen and oxygen atoms in total. The van der Waals surface area contributed by atoms with Crippen molar-refractivity contribution < 1.29 is 14.3 Å². The molecule has 2 aliphatic carbocycles. The maximum atomic E-state index is 14.3. The molecule has 0 saturated heterocycles. The molecule has 0 aliphatic heterocycles. The van der Waals surface area contributed by atoms with Crippen molar-refractivity contribution in [3.05, 3.63) is 47.8 Å². The molecule has 0 heterocycles.